The maximum absolute atomic E-state index is 12.3. The van der Waals surface area contributed by atoms with E-state index < -0.39 is 0 Å². The van der Waals surface area contributed by atoms with Crippen molar-refractivity contribution in [2.75, 3.05) is 12.8 Å². The van der Waals surface area contributed by atoms with E-state index in [-0.39, 0.29) is 11.9 Å². The number of benzene rings is 2. The number of hydrogen-bond acceptors (Lipinski definition) is 3. The Bertz CT molecular complexity index is 597. The van der Waals surface area contributed by atoms with Gasteiger partial charge in [-0.3, -0.25) is 4.79 Å². The molecule has 1 atom stereocenters. The summed E-state index contributed by atoms with van der Waals surface area (Å²) in [6.07, 6.45) is 0. The van der Waals surface area contributed by atoms with Gasteiger partial charge in [0.25, 0.3) is 5.91 Å². The summed E-state index contributed by atoms with van der Waals surface area (Å²) < 4.78 is 5.20. The Kier molecular flexibility index (Phi) is 4.25. The predicted octanol–water partition coefficient (Wildman–Crippen LogP) is 2.77. The minimum absolute atomic E-state index is 0.0881. The zero-order valence-corrected chi connectivity index (χ0v) is 11.6. The van der Waals surface area contributed by atoms with Crippen molar-refractivity contribution in [3.8, 4) is 5.75 Å². The van der Waals surface area contributed by atoms with Gasteiger partial charge < -0.3 is 15.8 Å². The van der Waals surface area contributed by atoms with Crippen LogP contribution in [0.1, 0.15) is 28.9 Å². The molecule has 4 nitrogen and oxygen atoms in total. The molecule has 0 fully saturated rings. The fourth-order valence-corrected chi connectivity index (χ4v) is 2.06. The van der Waals surface area contributed by atoms with Crippen LogP contribution < -0.4 is 15.8 Å². The van der Waals surface area contributed by atoms with E-state index in [9.17, 15) is 4.79 Å². The van der Waals surface area contributed by atoms with Crippen molar-refractivity contribution in [3.05, 3.63) is 59.7 Å². The van der Waals surface area contributed by atoms with Crippen LogP contribution in [0.5, 0.6) is 5.75 Å². The highest BCUT2D eigenvalue weighted by Crippen LogP contribution is 2.26. The highest BCUT2D eigenvalue weighted by molar-refractivity contribution is 5.98. The normalized spacial score (nSPS) is 11.7. The summed E-state index contributed by atoms with van der Waals surface area (Å²) in [5.41, 5.74) is 7.74. The maximum atomic E-state index is 12.3. The first-order valence-corrected chi connectivity index (χ1v) is 6.41. The van der Waals surface area contributed by atoms with Crippen molar-refractivity contribution in [1.82, 2.24) is 5.32 Å². The number of carbonyl (C=O) groups excluding carboxylic acids is 1. The molecule has 0 saturated heterocycles. The number of anilines is 1. The number of methoxy groups -OCH3 is 1. The molecule has 0 heterocycles. The largest absolute Gasteiger partial charge is 0.494 e. The third-order valence-corrected chi connectivity index (χ3v) is 3.14. The second-order valence-electron chi connectivity index (χ2n) is 4.53. The summed E-state index contributed by atoms with van der Waals surface area (Å²) in [7, 11) is 1.50. The van der Waals surface area contributed by atoms with E-state index in [4.69, 9.17) is 10.5 Å². The fourth-order valence-electron chi connectivity index (χ4n) is 2.06. The second-order valence-corrected chi connectivity index (χ2v) is 4.53. The average molecular weight is 270 g/mol. The number of rotatable bonds is 4. The SMILES string of the molecule is COc1c(N)cccc1C(=O)N[C@@H](C)c1ccccc1. The van der Waals surface area contributed by atoms with Crippen LogP contribution in [0.15, 0.2) is 48.5 Å². The van der Waals surface area contributed by atoms with Gasteiger partial charge in [-0.1, -0.05) is 36.4 Å². The van der Waals surface area contributed by atoms with Crippen molar-refractivity contribution in [2.45, 2.75) is 13.0 Å². The van der Waals surface area contributed by atoms with Gasteiger partial charge in [-0.25, -0.2) is 0 Å². The molecule has 0 unspecified atom stereocenters. The van der Waals surface area contributed by atoms with Gasteiger partial charge in [-0.2, -0.15) is 0 Å². The summed E-state index contributed by atoms with van der Waals surface area (Å²) >= 11 is 0. The third-order valence-electron chi connectivity index (χ3n) is 3.14. The van der Waals surface area contributed by atoms with Gasteiger partial charge in [-0.15, -0.1) is 0 Å². The molecule has 0 saturated carbocycles. The van der Waals surface area contributed by atoms with Gasteiger partial charge in [0.05, 0.1) is 24.4 Å². The molecule has 0 aliphatic carbocycles. The van der Waals surface area contributed by atoms with Crippen molar-refractivity contribution >= 4 is 11.6 Å². The fraction of sp³-hybridized carbons (Fsp3) is 0.188. The first-order chi connectivity index (χ1) is 9.63. The first-order valence-electron chi connectivity index (χ1n) is 6.41. The van der Waals surface area contributed by atoms with Gasteiger partial charge in [0, 0.05) is 0 Å². The first kappa shape index (κ1) is 13.9. The number of ether oxygens (including phenoxy) is 1. The maximum Gasteiger partial charge on any atom is 0.255 e. The number of hydrogen-bond donors (Lipinski definition) is 2. The minimum Gasteiger partial charge on any atom is -0.494 e. The molecule has 104 valence electrons. The Morgan fingerprint density at radius 3 is 2.50 bits per heavy atom. The second kappa shape index (κ2) is 6.10. The zero-order chi connectivity index (χ0) is 14.5. The molecule has 0 radical (unpaired) electrons. The number of nitrogens with two attached hydrogens (primary N) is 1. The minimum atomic E-state index is -0.203. The molecule has 0 bridgehead atoms. The van der Waals surface area contributed by atoms with Gasteiger partial charge in [0.1, 0.15) is 0 Å². The Hall–Kier alpha value is -2.49. The molecule has 20 heavy (non-hydrogen) atoms. The van der Waals surface area contributed by atoms with Crippen molar-refractivity contribution in [3.63, 3.8) is 0 Å². The van der Waals surface area contributed by atoms with Crippen molar-refractivity contribution < 1.29 is 9.53 Å². The van der Waals surface area contributed by atoms with Gasteiger partial charge in [-0.05, 0) is 24.6 Å². The van der Waals surface area contributed by atoms with Crippen LogP contribution in [0.3, 0.4) is 0 Å². The van der Waals surface area contributed by atoms with E-state index in [2.05, 4.69) is 5.32 Å². The summed E-state index contributed by atoms with van der Waals surface area (Å²) in [6.45, 7) is 1.94. The molecule has 0 aliphatic rings. The van der Waals surface area contributed by atoms with Crippen LogP contribution in [-0.2, 0) is 0 Å². The van der Waals surface area contributed by atoms with Crippen LogP contribution in [-0.4, -0.2) is 13.0 Å². The lowest BCUT2D eigenvalue weighted by Gasteiger charge is -2.16. The Morgan fingerprint density at radius 2 is 1.85 bits per heavy atom. The molecular formula is C16H18N2O2. The number of nitrogen functional groups attached to an aromatic ring is 1. The lowest BCUT2D eigenvalue weighted by atomic mass is 10.1. The van der Waals surface area contributed by atoms with Crippen molar-refractivity contribution in [1.29, 1.82) is 0 Å². The Labute approximate surface area is 118 Å². The van der Waals surface area contributed by atoms with Crippen molar-refractivity contribution in [2.24, 2.45) is 0 Å². The van der Waals surface area contributed by atoms with E-state index in [0.717, 1.165) is 5.56 Å². The summed E-state index contributed by atoms with van der Waals surface area (Å²) in [6, 6.07) is 14.8. The van der Waals surface area contributed by atoms with E-state index >= 15 is 0 Å². The van der Waals surface area contributed by atoms with Gasteiger partial charge in [0.2, 0.25) is 0 Å². The predicted molar refractivity (Wildman–Crippen MR) is 79.7 cm³/mol. The van der Waals surface area contributed by atoms with Crippen LogP contribution in [0.2, 0.25) is 0 Å². The molecule has 3 N–H and O–H groups in total. The van der Waals surface area contributed by atoms with Crippen LogP contribution in [0.25, 0.3) is 0 Å². The molecule has 0 spiro atoms. The van der Waals surface area contributed by atoms with Crippen LogP contribution in [0.4, 0.5) is 5.69 Å². The molecular weight excluding hydrogens is 252 g/mol. The number of carbonyl (C=O) groups is 1. The number of nitrogens with one attached hydrogen (secondary N) is 1. The lowest BCUT2D eigenvalue weighted by molar-refractivity contribution is 0.0937. The smallest absolute Gasteiger partial charge is 0.255 e. The summed E-state index contributed by atoms with van der Waals surface area (Å²) in [4.78, 5) is 12.3. The molecule has 4 heteroatoms. The molecule has 1 amide bonds. The molecule has 2 aromatic rings. The number of amides is 1. The molecule has 0 aromatic heterocycles. The van der Waals surface area contributed by atoms with Gasteiger partial charge in [0.15, 0.2) is 5.75 Å². The third kappa shape index (κ3) is 2.91. The zero-order valence-electron chi connectivity index (χ0n) is 11.6. The Balaban J connectivity index is 2.19. The lowest BCUT2D eigenvalue weighted by Crippen LogP contribution is -2.27. The topological polar surface area (TPSA) is 64.3 Å². The van der Waals surface area contributed by atoms with E-state index in [1.807, 2.05) is 37.3 Å². The van der Waals surface area contributed by atoms with E-state index in [1.165, 1.54) is 7.11 Å². The monoisotopic (exact) mass is 270 g/mol. The molecule has 2 aromatic carbocycles. The summed E-state index contributed by atoms with van der Waals surface area (Å²) in [5.74, 6) is 0.204. The standard InChI is InChI=1S/C16H18N2O2/c1-11(12-7-4-3-5-8-12)18-16(19)13-9-6-10-14(17)15(13)20-2/h3-11H,17H2,1-2H3,(H,18,19)/t11-/m0/s1. The molecule has 0 aliphatic heterocycles. The Morgan fingerprint density at radius 1 is 1.15 bits per heavy atom. The summed E-state index contributed by atoms with van der Waals surface area (Å²) in [5, 5.41) is 2.94. The average Bonchev–Trinajstić information content (AvgIpc) is 2.47. The molecule has 2 rings (SSSR count). The highest BCUT2D eigenvalue weighted by Gasteiger charge is 2.16. The van der Waals surface area contributed by atoms with Crippen LogP contribution in [0, 0.1) is 0 Å². The quantitative estimate of drug-likeness (QED) is 0.840. The highest BCUT2D eigenvalue weighted by atomic mass is 16.5. The number of para-hydroxylation sites is 1. The van der Waals surface area contributed by atoms with Gasteiger partial charge >= 0.3 is 0 Å². The van der Waals surface area contributed by atoms with E-state index in [0.29, 0.717) is 17.0 Å². The van der Waals surface area contributed by atoms with Crippen LogP contribution >= 0.6 is 0 Å². The van der Waals surface area contributed by atoms with E-state index in [1.54, 1.807) is 18.2 Å².